The maximum atomic E-state index is 11.0. The molecule has 0 saturated heterocycles. The van der Waals surface area contributed by atoms with Crippen LogP contribution in [0.4, 0.5) is 0 Å². The van der Waals surface area contributed by atoms with Gasteiger partial charge in [0, 0.05) is 12.0 Å². The number of hydrogen-bond donors (Lipinski definition) is 1. The highest BCUT2D eigenvalue weighted by Crippen LogP contribution is 2.19. The molecule has 0 aliphatic heterocycles. The minimum atomic E-state index is -0.0917. The number of allylic oxidation sites excluding steroid dienone is 1. The van der Waals surface area contributed by atoms with E-state index in [0.29, 0.717) is 17.9 Å². The van der Waals surface area contributed by atoms with Crippen molar-refractivity contribution in [3.63, 3.8) is 0 Å². The third-order valence-electron chi connectivity index (χ3n) is 1.83. The second kappa shape index (κ2) is 2.97. The van der Waals surface area contributed by atoms with Gasteiger partial charge < -0.3 is 5.11 Å². The number of carbonyl (C=O) groups is 1. The zero-order valence-electron chi connectivity index (χ0n) is 6.13. The number of rotatable bonds is 1. The molecule has 1 aliphatic carbocycles. The summed E-state index contributed by atoms with van der Waals surface area (Å²) in [6.07, 6.45) is 3.38. The largest absolute Gasteiger partial charge is 0.392 e. The van der Waals surface area contributed by atoms with Crippen LogP contribution in [0.15, 0.2) is 11.6 Å². The van der Waals surface area contributed by atoms with Crippen LogP contribution in [-0.2, 0) is 4.79 Å². The smallest absolute Gasteiger partial charge is 0.161 e. The molecule has 2 nitrogen and oxygen atoms in total. The molecular weight excluding hydrogens is 128 g/mol. The van der Waals surface area contributed by atoms with Crippen LogP contribution in [0.1, 0.15) is 19.8 Å². The molecule has 1 aliphatic rings. The lowest BCUT2D eigenvalue weighted by atomic mass is 9.90. The molecule has 1 N–H and O–H groups in total. The fraction of sp³-hybridized carbons (Fsp3) is 0.625. The van der Waals surface area contributed by atoms with Crippen molar-refractivity contribution in [1.29, 1.82) is 0 Å². The van der Waals surface area contributed by atoms with Crippen LogP contribution >= 0.6 is 0 Å². The first-order chi connectivity index (χ1) is 4.74. The summed E-state index contributed by atoms with van der Waals surface area (Å²) >= 11 is 0. The van der Waals surface area contributed by atoms with E-state index in [9.17, 15) is 4.79 Å². The molecule has 0 fully saturated rings. The zero-order chi connectivity index (χ0) is 7.56. The van der Waals surface area contributed by atoms with Crippen LogP contribution in [0.2, 0.25) is 0 Å². The zero-order valence-corrected chi connectivity index (χ0v) is 6.13. The summed E-state index contributed by atoms with van der Waals surface area (Å²) in [5, 5.41) is 8.66. The number of Topliss-reactive ketones (excluding diaryl/α,β-unsaturated/α-hetero) is 1. The Morgan fingerprint density at radius 3 is 3.00 bits per heavy atom. The van der Waals surface area contributed by atoms with Crippen LogP contribution in [0, 0.1) is 5.92 Å². The Morgan fingerprint density at radius 2 is 2.50 bits per heavy atom. The monoisotopic (exact) mass is 140 g/mol. The maximum Gasteiger partial charge on any atom is 0.161 e. The molecular formula is C8H12O2. The van der Waals surface area contributed by atoms with E-state index in [-0.39, 0.29) is 12.4 Å². The van der Waals surface area contributed by atoms with Gasteiger partial charge in [0.25, 0.3) is 0 Å². The lowest BCUT2D eigenvalue weighted by Crippen LogP contribution is -2.15. The lowest BCUT2D eigenvalue weighted by Gasteiger charge is -2.14. The average molecular weight is 140 g/mol. The van der Waals surface area contributed by atoms with Gasteiger partial charge in [0.1, 0.15) is 0 Å². The average Bonchev–Trinajstić information content (AvgIpc) is 1.88. The molecule has 56 valence electrons. The molecule has 1 rings (SSSR count). The van der Waals surface area contributed by atoms with E-state index >= 15 is 0 Å². The molecule has 1 atom stereocenters. The molecule has 0 aromatic carbocycles. The van der Waals surface area contributed by atoms with Gasteiger partial charge in [0.05, 0.1) is 6.61 Å². The van der Waals surface area contributed by atoms with Crippen LogP contribution in [-0.4, -0.2) is 17.5 Å². The molecule has 0 aromatic rings. The van der Waals surface area contributed by atoms with Crippen LogP contribution < -0.4 is 0 Å². The Morgan fingerprint density at radius 1 is 1.80 bits per heavy atom. The lowest BCUT2D eigenvalue weighted by molar-refractivity contribution is -0.117. The fourth-order valence-corrected chi connectivity index (χ4v) is 1.14. The van der Waals surface area contributed by atoms with Crippen molar-refractivity contribution < 1.29 is 9.90 Å². The van der Waals surface area contributed by atoms with E-state index in [1.165, 1.54) is 0 Å². The van der Waals surface area contributed by atoms with Crippen molar-refractivity contribution >= 4 is 5.78 Å². The van der Waals surface area contributed by atoms with E-state index in [0.717, 1.165) is 6.42 Å². The molecule has 0 aromatic heterocycles. The Labute approximate surface area is 60.6 Å². The summed E-state index contributed by atoms with van der Waals surface area (Å²) in [6.45, 7) is 1.95. The first kappa shape index (κ1) is 7.48. The van der Waals surface area contributed by atoms with Crippen molar-refractivity contribution in [1.82, 2.24) is 0 Å². The van der Waals surface area contributed by atoms with Crippen LogP contribution in [0.5, 0.6) is 0 Å². The molecule has 0 saturated carbocycles. The molecule has 0 heterocycles. The second-order valence-electron chi connectivity index (χ2n) is 2.86. The highest BCUT2D eigenvalue weighted by Gasteiger charge is 2.17. The highest BCUT2D eigenvalue weighted by molar-refractivity contribution is 5.96. The van der Waals surface area contributed by atoms with Crippen LogP contribution in [0.3, 0.4) is 0 Å². The van der Waals surface area contributed by atoms with Gasteiger partial charge in [-0.2, -0.15) is 0 Å². The SMILES string of the molecule is C[C@@H]1CC=C(CO)C(=O)C1. The summed E-state index contributed by atoms with van der Waals surface area (Å²) < 4.78 is 0. The number of hydrogen-bond acceptors (Lipinski definition) is 2. The Balaban J connectivity index is 2.66. The fourth-order valence-electron chi connectivity index (χ4n) is 1.14. The number of carbonyl (C=O) groups excluding carboxylic acids is 1. The van der Waals surface area contributed by atoms with Gasteiger partial charge >= 0.3 is 0 Å². The summed E-state index contributed by atoms with van der Waals surface area (Å²) in [5.41, 5.74) is 0.595. The van der Waals surface area contributed by atoms with Gasteiger partial charge in [-0.1, -0.05) is 13.0 Å². The van der Waals surface area contributed by atoms with Crippen LogP contribution in [0.25, 0.3) is 0 Å². The molecule has 0 spiro atoms. The first-order valence-electron chi connectivity index (χ1n) is 3.57. The normalized spacial score (nSPS) is 26.4. The molecule has 0 radical (unpaired) electrons. The third-order valence-corrected chi connectivity index (χ3v) is 1.83. The van der Waals surface area contributed by atoms with Crippen molar-refractivity contribution in [3.8, 4) is 0 Å². The van der Waals surface area contributed by atoms with Gasteiger partial charge in [-0.25, -0.2) is 0 Å². The third kappa shape index (κ3) is 1.45. The topological polar surface area (TPSA) is 37.3 Å². The summed E-state index contributed by atoms with van der Waals surface area (Å²) in [5.74, 6) is 0.573. The number of aliphatic hydroxyl groups excluding tert-OH is 1. The molecule has 0 amide bonds. The minimum absolute atomic E-state index is 0.0917. The van der Waals surface area contributed by atoms with Gasteiger partial charge in [-0.05, 0) is 12.3 Å². The predicted molar refractivity (Wildman–Crippen MR) is 38.6 cm³/mol. The quantitative estimate of drug-likeness (QED) is 0.587. The van der Waals surface area contributed by atoms with Gasteiger partial charge in [0.2, 0.25) is 0 Å². The summed E-state index contributed by atoms with van der Waals surface area (Å²) in [4.78, 5) is 11.0. The second-order valence-corrected chi connectivity index (χ2v) is 2.86. The highest BCUT2D eigenvalue weighted by atomic mass is 16.3. The number of ketones is 1. The van der Waals surface area contributed by atoms with Crippen molar-refractivity contribution in [2.75, 3.05) is 6.61 Å². The van der Waals surface area contributed by atoms with E-state index in [1.807, 2.05) is 13.0 Å². The minimum Gasteiger partial charge on any atom is -0.392 e. The van der Waals surface area contributed by atoms with Crippen molar-refractivity contribution in [3.05, 3.63) is 11.6 Å². The molecule has 0 unspecified atom stereocenters. The molecule has 10 heavy (non-hydrogen) atoms. The van der Waals surface area contributed by atoms with Gasteiger partial charge in [-0.15, -0.1) is 0 Å². The van der Waals surface area contributed by atoms with E-state index in [2.05, 4.69) is 0 Å². The Kier molecular flexibility index (Phi) is 2.22. The molecule has 2 heteroatoms. The van der Waals surface area contributed by atoms with E-state index < -0.39 is 0 Å². The maximum absolute atomic E-state index is 11.0. The van der Waals surface area contributed by atoms with E-state index in [1.54, 1.807) is 0 Å². The van der Waals surface area contributed by atoms with Crippen molar-refractivity contribution in [2.24, 2.45) is 5.92 Å². The molecule has 0 bridgehead atoms. The first-order valence-corrected chi connectivity index (χ1v) is 3.57. The Hall–Kier alpha value is -0.630. The Bertz CT molecular complexity index is 170. The van der Waals surface area contributed by atoms with Gasteiger partial charge in [0.15, 0.2) is 5.78 Å². The predicted octanol–water partition coefficient (Wildman–Crippen LogP) is 0.904. The van der Waals surface area contributed by atoms with Crippen molar-refractivity contribution in [2.45, 2.75) is 19.8 Å². The van der Waals surface area contributed by atoms with E-state index in [4.69, 9.17) is 5.11 Å². The standard InChI is InChI=1S/C8H12O2/c1-6-2-3-7(5-9)8(10)4-6/h3,6,9H,2,4-5H2,1H3/t6-/m1/s1. The van der Waals surface area contributed by atoms with Gasteiger partial charge in [-0.3, -0.25) is 4.79 Å². The summed E-state index contributed by atoms with van der Waals surface area (Å²) in [7, 11) is 0. The number of aliphatic hydroxyl groups is 1. The summed E-state index contributed by atoms with van der Waals surface area (Å²) in [6, 6.07) is 0.